The Morgan fingerprint density at radius 2 is 1.84 bits per heavy atom. The van der Waals surface area contributed by atoms with E-state index in [9.17, 15) is 13.2 Å². The molecule has 1 nitrogen and oxygen atoms in total. The summed E-state index contributed by atoms with van der Waals surface area (Å²) in [6.45, 7) is 0.396. The standard InChI is InChI=1S/C14H15ClF3N/c15-9-1-2-10(16)12(11(9)17)19-8-13-3-5-14(18,7-13)6-4-13/h1-2,19H,3-8H2. The van der Waals surface area contributed by atoms with E-state index in [0.29, 0.717) is 25.8 Å². The van der Waals surface area contributed by atoms with E-state index >= 15 is 0 Å². The fourth-order valence-corrected chi connectivity index (χ4v) is 3.62. The fourth-order valence-electron chi connectivity index (χ4n) is 3.46. The second-order valence-corrected chi connectivity index (χ2v) is 6.31. The van der Waals surface area contributed by atoms with E-state index in [1.165, 1.54) is 6.07 Å². The number of benzene rings is 1. The summed E-state index contributed by atoms with van der Waals surface area (Å²) in [6.07, 6.45) is 3.18. The highest BCUT2D eigenvalue weighted by Crippen LogP contribution is 2.58. The lowest BCUT2D eigenvalue weighted by Crippen LogP contribution is -2.25. The molecule has 19 heavy (non-hydrogen) atoms. The van der Waals surface area contributed by atoms with Crippen LogP contribution in [0.4, 0.5) is 18.9 Å². The third kappa shape index (κ3) is 2.20. The SMILES string of the molecule is Fc1ccc(Cl)c(F)c1NCC12CCC(F)(CC1)C2. The van der Waals surface area contributed by atoms with Crippen LogP contribution in [0.25, 0.3) is 0 Å². The van der Waals surface area contributed by atoms with Gasteiger partial charge in [-0.2, -0.15) is 0 Å². The van der Waals surface area contributed by atoms with Crippen LogP contribution >= 0.6 is 11.6 Å². The average Bonchev–Trinajstić information content (AvgIpc) is 2.88. The molecule has 1 N–H and O–H groups in total. The highest BCUT2D eigenvalue weighted by atomic mass is 35.5. The van der Waals surface area contributed by atoms with E-state index in [4.69, 9.17) is 11.6 Å². The predicted octanol–water partition coefficient (Wildman–Crippen LogP) is 4.70. The van der Waals surface area contributed by atoms with Crippen molar-refractivity contribution in [3.05, 3.63) is 28.8 Å². The van der Waals surface area contributed by atoms with Crippen molar-refractivity contribution in [1.29, 1.82) is 0 Å². The molecule has 2 fully saturated rings. The lowest BCUT2D eigenvalue weighted by molar-refractivity contribution is 0.176. The Morgan fingerprint density at radius 1 is 1.16 bits per heavy atom. The minimum Gasteiger partial charge on any atom is -0.380 e. The lowest BCUT2D eigenvalue weighted by Gasteiger charge is -2.27. The van der Waals surface area contributed by atoms with Crippen LogP contribution in [0.15, 0.2) is 12.1 Å². The number of alkyl halides is 1. The van der Waals surface area contributed by atoms with E-state index in [1.807, 2.05) is 0 Å². The Balaban J connectivity index is 1.76. The molecule has 1 aromatic carbocycles. The molecule has 0 amide bonds. The van der Waals surface area contributed by atoms with Crippen molar-refractivity contribution < 1.29 is 13.2 Å². The van der Waals surface area contributed by atoms with Crippen molar-refractivity contribution in [1.82, 2.24) is 0 Å². The molecule has 2 saturated carbocycles. The topological polar surface area (TPSA) is 12.0 Å². The van der Waals surface area contributed by atoms with Gasteiger partial charge in [0.25, 0.3) is 0 Å². The lowest BCUT2D eigenvalue weighted by atomic mass is 9.84. The first-order valence-electron chi connectivity index (χ1n) is 6.50. The van der Waals surface area contributed by atoms with Gasteiger partial charge in [-0.1, -0.05) is 11.6 Å². The first kappa shape index (κ1) is 13.1. The van der Waals surface area contributed by atoms with Crippen molar-refractivity contribution in [3.8, 4) is 0 Å². The Hall–Kier alpha value is -0.900. The van der Waals surface area contributed by atoms with E-state index in [1.54, 1.807) is 0 Å². The molecule has 1 aromatic rings. The number of fused-ring (bicyclic) bond motifs is 2. The van der Waals surface area contributed by atoms with E-state index in [-0.39, 0.29) is 16.1 Å². The minimum absolute atomic E-state index is 0.112. The van der Waals surface area contributed by atoms with Crippen LogP contribution < -0.4 is 5.32 Å². The van der Waals surface area contributed by atoms with Crippen molar-refractivity contribution in [2.45, 2.75) is 37.8 Å². The molecule has 0 unspecified atom stereocenters. The van der Waals surface area contributed by atoms with Gasteiger partial charge in [-0.25, -0.2) is 13.2 Å². The first-order chi connectivity index (χ1) is 8.93. The van der Waals surface area contributed by atoms with Crippen molar-refractivity contribution >= 4 is 17.3 Å². The normalized spacial score (nSPS) is 32.8. The van der Waals surface area contributed by atoms with Crippen LogP contribution in [0.2, 0.25) is 5.02 Å². The zero-order chi connectivity index (χ0) is 13.7. The van der Waals surface area contributed by atoms with Crippen molar-refractivity contribution in [2.24, 2.45) is 5.41 Å². The van der Waals surface area contributed by atoms with Gasteiger partial charge in [0.2, 0.25) is 0 Å². The van der Waals surface area contributed by atoms with E-state index in [0.717, 1.165) is 18.9 Å². The number of nitrogens with one attached hydrogen (secondary N) is 1. The minimum atomic E-state index is -1.05. The molecule has 0 atom stereocenters. The molecule has 0 aliphatic heterocycles. The third-order valence-electron chi connectivity index (χ3n) is 4.58. The van der Waals surface area contributed by atoms with E-state index in [2.05, 4.69) is 5.32 Å². The molecule has 2 aliphatic rings. The third-order valence-corrected chi connectivity index (χ3v) is 4.87. The molecule has 2 bridgehead atoms. The summed E-state index contributed by atoms with van der Waals surface area (Å²) < 4.78 is 41.4. The largest absolute Gasteiger partial charge is 0.380 e. The van der Waals surface area contributed by atoms with Crippen LogP contribution in [0.1, 0.15) is 32.1 Å². The smallest absolute Gasteiger partial charge is 0.167 e. The summed E-state index contributed by atoms with van der Waals surface area (Å²) in [5.74, 6) is -1.44. The number of halogens is 4. The van der Waals surface area contributed by atoms with Gasteiger partial charge < -0.3 is 5.32 Å². The zero-order valence-electron chi connectivity index (χ0n) is 10.4. The summed E-state index contributed by atoms with van der Waals surface area (Å²) in [5, 5.41) is 2.69. The molecule has 2 aliphatic carbocycles. The van der Waals surface area contributed by atoms with Gasteiger partial charge in [0, 0.05) is 6.54 Å². The fraction of sp³-hybridized carbons (Fsp3) is 0.571. The van der Waals surface area contributed by atoms with Gasteiger partial charge in [0.1, 0.15) is 17.2 Å². The molecular formula is C14H15ClF3N. The molecule has 0 saturated heterocycles. The second kappa shape index (κ2) is 4.30. The maximum atomic E-state index is 14.1. The van der Waals surface area contributed by atoms with Gasteiger partial charge in [0.15, 0.2) is 5.82 Å². The first-order valence-corrected chi connectivity index (χ1v) is 6.87. The molecule has 0 radical (unpaired) electrons. The van der Waals surface area contributed by atoms with Crippen LogP contribution in [0.3, 0.4) is 0 Å². The van der Waals surface area contributed by atoms with Crippen LogP contribution in [-0.2, 0) is 0 Å². The summed E-state index contributed by atoms with van der Waals surface area (Å²) in [5.41, 5.74) is -1.41. The summed E-state index contributed by atoms with van der Waals surface area (Å²) in [6, 6.07) is 2.32. The number of rotatable bonds is 3. The summed E-state index contributed by atoms with van der Waals surface area (Å²) in [7, 11) is 0. The predicted molar refractivity (Wildman–Crippen MR) is 69.2 cm³/mol. The molecule has 0 heterocycles. The molecular weight excluding hydrogens is 275 g/mol. The zero-order valence-corrected chi connectivity index (χ0v) is 11.2. The van der Waals surface area contributed by atoms with Crippen LogP contribution in [0, 0.1) is 17.0 Å². The monoisotopic (exact) mass is 289 g/mol. The van der Waals surface area contributed by atoms with Gasteiger partial charge in [-0.3, -0.25) is 0 Å². The number of anilines is 1. The molecule has 0 aromatic heterocycles. The van der Waals surface area contributed by atoms with E-state index < -0.39 is 17.3 Å². The molecule has 5 heteroatoms. The molecule has 0 spiro atoms. The summed E-state index contributed by atoms with van der Waals surface area (Å²) >= 11 is 5.64. The maximum absolute atomic E-state index is 14.1. The second-order valence-electron chi connectivity index (χ2n) is 5.90. The van der Waals surface area contributed by atoms with Crippen LogP contribution in [0.5, 0.6) is 0 Å². The van der Waals surface area contributed by atoms with Gasteiger partial charge >= 0.3 is 0 Å². The molecule has 104 valence electrons. The number of hydrogen-bond donors (Lipinski definition) is 1. The summed E-state index contributed by atoms with van der Waals surface area (Å²) in [4.78, 5) is 0. The Morgan fingerprint density at radius 3 is 2.42 bits per heavy atom. The Bertz CT molecular complexity index is 510. The van der Waals surface area contributed by atoms with Gasteiger partial charge in [-0.05, 0) is 49.7 Å². The highest BCUT2D eigenvalue weighted by molar-refractivity contribution is 6.31. The highest BCUT2D eigenvalue weighted by Gasteiger charge is 2.54. The average molecular weight is 290 g/mol. The van der Waals surface area contributed by atoms with Crippen LogP contribution in [-0.4, -0.2) is 12.2 Å². The molecule has 3 rings (SSSR count). The Labute approximate surface area is 115 Å². The quantitative estimate of drug-likeness (QED) is 0.795. The van der Waals surface area contributed by atoms with Gasteiger partial charge in [-0.15, -0.1) is 0 Å². The van der Waals surface area contributed by atoms with Crippen molar-refractivity contribution in [3.63, 3.8) is 0 Å². The van der Waals surface area contributed by atoms with Gasteiger partial charge in [0.05, 0.1) is 5.02 Å². The van der Waals surface area contributed by atoms with Crippen molar-refractivity contribution in [2.75, 3.05) is 11.9 Å². The number of hydrogen-bond acceptors (Lipinski definition) is 1. The Kier molecular flexibility index (Phi) is 2.97. The maximum Gasteiger partial charge on any atom is 0.167 e.